The first-order chi connectivity index (χ1) is 8.10. The third-order valence-corrected chi connectivity index (χ3v) is 2.16. The van der Waals surface area contributed by atoms with Gasteiger partial charge in [-0.3, -0.25) is 4.79 Å². The topological polar surface area (TPSA) is 79.8 Å². The van der Waals surface area contributed by atoms with E-state index in [1.165, 1.54) is 0 Å². The zero-order valence-electron chi connectivity index (χ0n) is 10.9. The first-order valence-electron chi connectivity index (χ1n) is 5.80. The Bertz CT molecular complexity index is 202. The minimum Gasteiger partial charge on any atom is -0.389 e. The summed E-state index contributed by atoms with van der Waals surface area (Å²) in [5.41, 5.74) is 0. The van der Waals surface area contributed by atoms with Gasteiger partial charge in [0.1, 0.15) is 0 Å². The lowest BCUT2D eigenvalue weighted by molar-refractivity contribution is -0.120. The molecule has 17 heavy (non-hydrogen) atoms. The van der Waals surface area contributed by atoms with Gasteiger partial charge < -0.3 is 25.2 Å². The van der Waals surface area contributed by atoms with Gasteiger partial charge in [0.25, 0.3) is 0 Å². The fourth-order valence-corrected chi connectivity index (χ4v) is 1.21. The monoisotopic (exact) mass is 248 g/mol. The third kappa shape index (κ3) is 10.2. The standard InChI is InChI=1S/C11H24N2O4/c1-9(7-16-3)17-8-10(14)6-13-5-4-11(15)12-2/h9-10,13-14H,4-8H2,1-3H3,(H,12,15). The SMILES string of the molecule is CNC(=O)CCNCC(O)COC(C)COC. The summed E-state index contributed by atoms with van der Waals surface area (Å²) in [6, 6.07) is 0. The molecule has 6 nitrogen and oxygen atoms in total. The maximum Gasteiger partial charge on any atom is 0.221 e. The van der Waals surface area contributed by atoms with Crippen molar-refractivity contribution >= 4 is 5.91 Å². The second-order valence-electron chi connectivity index (χ2n) is 3.88. The number of ether oxygens (including phenoxy) is 2. The summed E-state index contributed by atoms with van der Waals surface area (Å²) in [4.78, 5) is 10.9. The second kappa shape index (κ2) is 10.5. The molecular weight excluding hydrogens is 224 g/mol. The summed E-state index contributed by atoms with van der Waals surface area (Å²) in [6.45, 7) is 3.62. The molecule has 0 saturated heterocycles. The van der Waals surface area contributed by atoms with E-state index in [1.54, 1.807) is 14.2 Å². The van der Waals surface area contributed by atoms with Crippen molar-refractivity contribution in [1.29, 1.82) is 0 Å². The molecule has 6 heteroatoms. The number of carbonyl (C=O) groups excluding carboxylic acids is 1. The van der Waals surface area contributed by atoms with Crippen molar-refractivity contribution in [3.8, 4) is 0 Å². The molecule has 0 aliphatic rings. The van der Waals surface area contributed by atoms with Gasteiger partial charge in [0.15, 0.2) is 0 Å². The molecule has 102 valence electrons. The molecule has 0 heterocycles. The van der Waals surface area contributed by atoms with Gasteiger partial charge in [-0.05, 0) is 6.92 Å². The van der Waals surface area contributed by atoms with Crippen LogP contribution in [-0.2, 0) is 14.3 Å². The number of hydrogen-bond acceptors (Lipinski definition) is 5. The average Bonchev–Trinajstić information content (AvgIpc) is 2.32. The minimum atomic E-state index is -0.570. The highest BCUT2D eigenvalue weighted by atomic mass is 16.5. The van der Waals surface area contributed by atoms with Crippen molar-refractivity contribution in [2.45, 2.75) is 25.6 Å². The normalized spacial score (nSPS) is 14.4. The Morgan fingerprint density at radius 2 is 2.12 bits per heavy atom. The van der Waals surface area contributed by atoms with Gasteiger partial charge in [0, 0.05) is 33.7 Å². The number of amides is 1. The van der Waals surface area contributed by atoms with Crippen LogP contribution in [0.1, 0.15) is 13.3 Å². The third-order valence-electron chi connectivity index (χ3n) is 2.16. The van der Waals surface area contributed by atoms with Crippen LogP contribution in [0.4, 0.5) is 0 Å². The summed E-state index contributed by atoms with van der Waals surface area (Å²) in [6.07, 6.45) is -0.191. The molecule has 0 fully saturated rings. The smallest absolute Gasteiger partial charge is 0.221 e. The molecule has 0 radical (unpaired) electrons. The van der Waals surface area contributed by atoms with Gasteiger partial charge in [0.05, 0.1) is 25.4 Å². The summed E-state index contributed by atoms with van der Waals surface area (Å²) < 4.78 is 10.3. The van der Waals surface area contributed by atoms with Crippen LogP contribution in [0, 0.1) is 0 Å². The van der Waals surface area contributed by atoms with E-state index in [9.17, 15) is 9.90 Å². The Morgan fingerprint density at radius 1 is 1.41 bits per heavy atom. The predicted octanol–water partition coefficient (Wildman–Crippen LogP) is -0.875. The lowest BCUT2D eigenvalue weighted by Gasteiger charge is -2.16. The van der Waals surface area contributed by atoms with Crippen LogP contribution in [0.15, 0.2) is 0 Å². The van der Waals surface area contributed by atoms with Crippen LogP contribution in [0.2, 0.25) is 0 Å². The maximum atomic E-state index is 10.9. The van der Waals surface area contributed by atoms with Gasteiger partial charge in [-0.1, -0.05) is 0 Å². The number of hydrogen-bond donors (Lipinski definition) is 3. The van der Waals surface area contributed by atoms with E-state index in [1.807, 2.05) is 6.92 Å². The first-order valence-corrected chi connectivity index (χ1v) is 5.80. The van der Waals surface area contributed by atoms with E-state index in [4.69, 9.17) is 9.47 Å². The van der Waals surface area contributed by atoms with Crippen LogP contribution >= 0.6 is 0 Å². The van der Waals surface area contributed by atoms with Gasteiger partial charge in [-0.25, -0.2) is 0 Å². The zero-order chi connectivity index (χ0) is 13.1. The molecule has 1 amide bonds. The average molecular weight is 248 g/mol. The highest BCUT2D eigenvalue weighted by Gasteiger charge is 2.07. The Labute approximate surface area is 103 Å². The van der Waals surface area contributed by atoms with E-state index < -0.39 is 6.10 Å². The van der Waals surface area contributed by atoms with Gasteiger partial charge in [0.2, 0.25) is 5.91 Å². The quantitative estimate of drug-likeness (QED) is 0.438. The largest absolute Gasteiger partial charge is 0.389 e. The lowest BCUT2D eigenvalue weighted by Crippen LogP contribution is -2.34. The molecule has 0 aliphatic heterocycles. The van der Waals surface area contributed by atoms with Gasteiger partial charge >= 0.3 is 0 Å². The number of rotatable bonds is 10. The molecule has 0 aromatic rings. The van der Waals surface area contributed by atoms with E-state index in [-0.39, 0.29) is 18.6 Å². The first kappa shape index (κ1) is 16.3. The number of nitrogens with one attached hydrogen (secondary N) is 2. The van der Waals surface area contributed by atoms with Crippen molar-refractivity contribution in [2.24, 2.45) is 0 Å². The summed E-state index contributed by atoms with van der Waals surface area (Å²) in [7, 11) is 3.21. The number of methoxy groups -OCH3 is 1. The highest BCUT2D eigenvalue weighted by Crippen LogP contribution is 1.93. The molecule has 2 atom stereocenters. The number of carbonyl (C=O) groups is 1. The van der Waals surface area contributed by atoms with Crippen LogP contribution in [0.5, 0.6) is 0 Å². The predicted molar refractivity (Wildman–Crippen MR) is 64.9 cm³/mol. The van der Waals surface area contributed by atoms with Crippen molar-refractivity contribution < 1.29 is 19.4 Å². The molecular formula is C11H24N2O4. The Hall–Kier alpha value is -0.690. The molecule has 0 saturated carbocycles. The van der Waals surface area contributed by atoms with E-state index in [0.29, 0.717) is 26.1 Å². The van der Waals surface area contributed by atoms with Crippen molar-refractivity contribution in [3.05, 3.63) is 0 Å². The van der Waals surface area contributed by atoms with Crippen LogP contribution < -0.4 is 10.6 Å². The van der Waals surface area contributed by atoms with Gasteiger partial charge in [-0.15, -0.1) is 0 Å². The Kier molecular flexibility index (Phi) is 10.0. The molecule has 0 aromatic carbocycles. The minimum absolute atomic E-state index is 0.0167. The van der Waals surface area contributed by atoms with Crippen molar-refractivity contribution in [2.75, 3.05) is 40.5 Å². The summed E-state index contributed by atoms with van der Waals surface area (Å²) in [5.74, 6) is -0.0167. The molecule has 0 bridgehead atoms. The van der Waals surface area contributed by atoms with Crippen molar-refractivity contribution in [3.63, 3.8) is 0 Å². The fourth-order valence-electron chi connectivity index (χ4n) is 1.21. The van der Waals surface area contributed by atoms with Crippen molar-refractivity contribution in [1.82, 2.24) is 10.6 Å². The molecule has 3 N–H and O–H groups in total. The fraction of sp³-hybridized carbons (Fsp3) is 0.909. The second-order valence-corrected chi connectivity index (χ2v) is 3.88. The Balaban J connectivity index is 3.40. The maximum absolute atomic E-state index is 10.9. The molecule has 0 spiro atoms. The number of aliphatic hydroxyl groups is 1. The Morgan fingerprint density at radius 3 is 2.71 bits per heavy atom. The van der Waals surface area contributed by atoms with Crippen LogP contribution in [-0.4, -0.2) is 63.7 Å². The zero-order valence-corrected chi connectivity index (χ0v) is 10.9. The van der Waals surface area contributed by atoms with Crippen LogP contribution in [0.3, 0.4) is 0 Å². The van der Waals surface area contributed by atoms with Gasteiger partial charge in [-0.2, -0.15) is 0 Å². The van der Waals surface area contributed by atoms with E-state index >= 15 is 0 Å². The molecule has 0 aromatic heterocycles. The summed E-state index contributed by atoms with van der Waals surface area (Å²) >= 11 is 0. The highest BCUT2D eigenvalue weighted by molar-refractivity contribution is 5.75. The molecule has 0 rings (SSSR count). The summed E-state index contributed by atoms with van der Waals surface area (Å²) in [5, 5.41) is 15.1. The molecule has 0 aliphatic carbocycles. The van der Waals surface area contributed by atoms with E-state index in [2.05, 4.69) is 10.6 Å². The lowest BCUT2D eigenvalue weighted by atomic mass is 10.3. The van der Waals surface area contributed by atoms with E-state index in [0.717, 1.165) is 0 Å². The molecule has 2 unspecified atom stereocenters. The number of aliphatic hydroxyl groups excluding tert-OH is 1. The van der Waals surface area contributed by atoms with Crippen LogP contribution in [0.25, 0.3) is 0 Å².